The number of ether oxygens (including phenoxy) is 1. The van der Waals surface area contributed by atoms with Crippen molar-refractivity contribution in [3.63, 3.8) is 0 Å². The normalized spacial score (nSPS) is 16.0. The summed E-state index contributed by atoms with van der Waals surface area (Å²) in [6.45, 7) is 12.7. The van der Waals surface area contributed by atoms with Gasteiger partial charge < -0.3 is 9.64 Å². The molecule has 3 heterocycles. The van der Waals surface area contributed by atoms with E-state index in [2.05, 4.69) is 56.7 Å². The van der Waals surface area contributed by atoms with Crippen LogP contribution >= 0.6 is 0 Å². The minimum absolute atomic E-state index is 0.752. The third-order valence-corrected chi connectivity index (χ3v) is 6.02. The van der Waals surface area contributed by atoms with E-state index in [0.717, 1.165) is 51.7 Å². The Hall–Kier alpha value is -1.76. The van der Waals surface area contributed by atoms with Crippen LogP contribution in [0.4, 0.5) is 0 Å². The van der Waals surface area contributed by atoms with Crippen LogP contribution in [0.25, 0.3) is 0 Å². The summed E-state index contributed by atoms with van der Waals surface area (Å²) in [5.74, 6) is 0.752. The number of piperidine rings is 1. The number of likely N-dealkylation sites (tertiary alicyclic amines) is 1. The molecule has 0 radical (unpaired) electrons. The number of pyridine rings is 1. The average molecular weight is 400 g/mol. The second kappa shape index (κ2) is 11.4. The molecule has 6 heteroatoms. The molecule has 160 valence electrons. The van der Waals surface area contributed by atoms with E-state index in [1.807, 2.05) is 12.4 Å². The van der Waals surface area contributed by atoms with Crippen LogP contribution in [0.15, 0.2) is 30.7 Å². The van der Waals surface area contributed by atoms with E-state index in [1.54, 1.807) is 7.11 Å². The maximum atomic E-state index is 5.24. The average Bonchev–Trinajstić information content (AvgIpc) is 3.08. The van der Waals surface area contributed by atoms with Crippen LogP contribution in [0.5, 0.6) is 0 Å². The topological polar surface area (TPSA) is 46.4 Å². The van der Waals surface area contributed by atoms with Gasteiger partial charge in [0.25, 0.3) is 0 Å². The van der Waals surface area contributed by atoms with Gasteiger partial charge in [0.2, 0.25) is 0 Å². The molecule has 3 rings (SSSR count). The molecule has 2 aromatic rings. The standard InChI is InChI=1S/C23H37N5O/c1-4-11-28-20(2)23(16-25-28)19-27(17-21-5-9-24-10-6-21)18-22-7-12-26(13-8-22)14-15-29-3/h5-6,9-10,16,22H,4,7-8,11-15,17-19H2,1-3H3. The van der Waals surface area contributed by atoms with Gasteiger partial charge in [0.1, 0.15) is 0 Å². The van der Waals surface area contributed by atoms with Crippen molar-refractivity contribution in [2.75, 3.05) is 39.9 Å². The molecule has 0 unspecified atom stereocenters. The molecule has 0 aromatic carbocycles. The van der Waals surface area contributed by atoms with E-state index in [4.69, 9.17) is 4.74 Å². The van der Waals surface area contributed by atoms with Crippen molar-refractivity contribution in [3.05, 3.63) is 47.5 Å². The van der Waals surface area contributed by atoms with Crippen molar-refractivity contribution < 1.29 is 4.74 Å². The van der Waals surface area contributed by atoms with Crippen molar-refractivity contribution in [2.24, 2.45) is 5.92 Å². The number of hydrogen-bond acceptors (Lipinski definition) is 5. The van der Waals surface area contributed by atoms with Gasteiger partial charge in [-0.3, -0.25) is 14.6 Å². The Balaban J connectivity index is 1.62. The zero-order valence-electron chi connectivity index (χ0n) is 18.4. The number of methoxy groups -OCH3 is 1. The van der Waals surface area contributed by atoms with Crippen molar-refractivity contribution in [3.8, 4) is 0 Å². The van der Waals surface area contributed by atoms with E-state index in [-0.39, 0.29) is 0 Å². The lowest BCUT2D eigenvalue weighted by atomic mass is 9.95. The molecule has 0 amide bonds. The monoisotopic (exact) mass is 399 g/mol. The molecule has 0 aliphatic carbocycles. The summed E-state index contributed by atoms with van der Waals surface area (Å²) in [5.41, 5.74) is 3.99. The molecule has 0 atom stereocenters. The van der Waals surface area contributed by atoms with Crippen LogP contribution < -0.4 is 0 Å². The van der Waals surface area contributed by atoms with E-state index in [9.17, 15) is 0 Å². The maximum absolute atomic E-state index is 5.24. The second-order valence-electron chi connectivity index (χ2n) is 8.28. The summed E-state index contributed by atoms with van der Waals surface area (Å²) < 4.78 is 7.38. The molecule has 1 fully saturated rings. The predicted octanol–water partition coefficient (Wildman–Crippen LogP) is 3.36. The fourth-order valence-corrected chi connectivity index (χ4v) is 4.23. The first-order chi connectivity index (χ1) is 14.2. The smallest absolute Gasteiger partial charge is 0.0589 e. The second-order valence-corrected chi connectivity index (χ2v) is 8.28. The number of aryl methyl sites for hydroxylation is 1. The van der Waals surface area contributed by atoms with E-state index in [1.165, 1.54) is 42.8 Å². The van der Waals surface area contributed by atoms with Crippen molar-refractivity contribution >= 4 is 0 Å². The third kappa shape index (κ3) is 6.63. The van der Waals surface area contributed by atoms with Crippen LogP contribution in [-0.2, 0) is 24.4 Å². The van der Waals surface area contributed by atoms with Crippen LogP contribution in [0.3, 0.4) is 0 Å². The summed E-state index contributed by atoms with van der Waals surface area (Å²) in [4.78, 5) is 9.31. The lowest BCUT2D eigenvalue weighted by Gasteiger charge is -2.35. The summed E-state index contributed by atoms with van der Waals surface area (Å²) in [6.07, 6.45) is 9.51. The molecule has 1 aliphatic heterocycles. The maximum Gasteiger partial charge on any atom is 0.0589 e. The Labute approximate surface area is 175 Å². The Morgan fingerprint density at radius 3 is 2.59 bits per heavy atom. The fourth-order valence-electron chi connectivity index (χ4n) is 4.23. The van der Waals surface area contributed by atoms with Crippen molar-refractivity contribution in [1.29, 1.82) is 0 Å². The minimum atomic E-state index is 0.752. The Morgan fingerprint density at radius 2 is 1.90 bits per heavy atom. The third-order valence-electron chi connectivity index (χ3n) is 6.02. The molecule has 6 nitrogen and oxygen atoms in total. The zero-order valence-corrected chi connectivity index (χ0v) is 18.4. The fraction of sp³-hybridized carbons (Fsp3) is 0.652. The van der Waals surface area contributed by atoms with Gasteiger partial charge in [-0.1, -0.05) is 6.92 Å². The van der Waals surface area contributed by atoms with Gasteiger partial charge in [-0.25, -0.2) is 0 Å². The highest BCUT2D eigenvalue weighted by atomic mass is 16.5. The lowest BCUT2D eigenvalue weighted by molar-refractivity contribution is 0.103. The van der Waals surface area contributed by atoms with E-state index < -0.39 is 0 Å². The molecular formula is C23H37N5O. The highest BCUT2D eigenvalue weighted by Crippen LogP contribution is 2.21. The molecule has 0 saturated carbocycles. The molecule has 1 saturated heterocycles. The largest absolute Gasteiger partial charge is 0.383 e. The van der Waals surface area contributed by atoms with Crippen LogP contribution in [-0.4, -0.2) is 64.5 Å². The molecule has 0 N–H and O–H groups in total. The number of nitrogens with zero attached hydrogens (tertiary/aromatic N) is 5. The van der Waals surface area contributed by atoms with Crippen LogP contribution in [0, 0.1) is 12.8 Å². The van der Waals surface area contributed by atoms with Crippen LogP contribution in [0.1, 0.15) is 43.0 Å². The van der Waals surface area contributed by atoms with Gasteiger partial charge in [0, 0.05) is 63.5 Å². The number of aromatic nitrogens is 3. The van der Waals surface area contributed by atoms with Gasteiger partial charge in [-0.2, -0.15) is 5.10 Å². The van der Waals surface area contributed by atoms with Crippen molar-refractivity contribution in [2.45, 2.75) is 52.7 Å². The number of hydrogen-bond donors (Lipinski definition) is 0. The Kier molecular flexibility index (Phi) is 8.65. The highest BCUT2D eigenvalue weighted by Gasteiger charge is 2.22. The molecule has 29 heavy (non-hydrogen) atoms. The van der Waals surface area contributed by atoms with Crippen molar-refractivity contribution in [1.82, 2.24) is 24.6 Å². The Morgan fingerprint density at radius 1 is 1.14 bits per heavy atom. The first-order valence-corrected chi connectivity index (χ1v) is 11.0. The van der Waals surface area contributed by atoms with E-state index >= 15 is 0 Å². The number of rotatable bonds is 11. The molecule has 2 aromatic heterocycles. The van der Waals surface area contributed by atoms with Gasteiger partial charge >= 0.3 is 0 Å². The summed E-state index contributed by atoms with van der Waals surface area (Å²) in [6, 6.07) is 4.27. The van der Waals surface area contributed by atoms with E-state index in [0.29, 0.717) is 0 Å². The zero-order chi connectivity index (χ0) is 20.5. The lowest BCUT2D eigenvalue weighted by Crippen LogP contribution is -2.39. The molecule has 0 spiro atoms. The summed E-state index contributed by atoms with van der Waals surface area (Å²) in [7, 11) is 1.79. The van der Waals surface area contributed by atoms with Crippen LogP contribution in [0.2, 0.25) is 0 Å². The van der Waals surface area contributed by atoms with Gasteiger partial charge in [0.15, 0.2) is 0 Å². The first-order valence-electron chi connectivity index (χ1n) is 11.0. The SMILES string of the molecule is CCCn1ncc(CN(Cc2ccncc2)CC2CCN(CCOC)CC2)c1C. The highest BCUT2D eigenvalue weighted by molar-refractivity contribution is 5.17. The van der Waals surface area contributed by atoms with Gasteiger partial charge in [-0.15, -0.1) is 0 Å². The molecule has 0 bridgehead atoms. The van der Waals surface area contributed by atoms with Gasteiger partial charge in [0.05, 0.1) is 12.8 Å². The predicted molar refractivity (Wildman–Crippen MR) is 117 cm³/mol. The summed E-state index contributed by atoms with van der Waals surface area (Å²) in [5, 5.41) is 4.61. The molecular weight excluding hydrogens is 362 g/mol. The first kappa shape index (κ1) is 21.9. The summed E-state index contributed by atoms with van der Waals surface area (Å²) >= 11 is 0. The quantitative estimate of drug-likeness (QED) is 0.580. The minimum Gasteiger partial charge on any atom is -0.383 e. The molecule has 1 aliphatic rings. The Bertz CT molecular complexity index is 709. The van der Waals surface area contributed by atoms with Gasteiger partial charge in [-0.05, 0) is 62.9 Å².